The largest absolute Gasteiger partial charge is 0.388 e. The van der Waals surface area contributed by atoms with Crippen molar-refractivity contribution in [3.05, 3.63) is 35.4 Å². The van der Waals surface area contributed by atoms with Crippen molar-refractivity contribution >= 4 is 5.78 Å². The van der Waals surface area contributed by atoms with Gasteiger partial charge in [-0.3, -0.25) is 4.79 Å². The smallest absolute Gasteiger partial charge is 0.138 e. The Morgan fingerprint density at radius 1 is 1.39 bits per heavy atom. The Bertz CT molecular complexity index is 472. The van der Waals surface area contributed by atoms with Gasteiger partial charge >= 0.3 is 0 Å². The predicted octanol–water partition coefficient (Wildman–Crippen LogP) is 2.60. The lowest BCUT2D eigenvalue weighted by atomic mass is 9.77. The molecule has 1 aromatic carbocycles. The zero-order valence-corrected chi connectivity index (χ0v) is 10.5. The fraction of sp³-hybridized carbons (Fsp3) is 0.467. The highest BCUT2D eigenvalue weighted by Crippen LogP contribution is 2.34. The summed E-state index contributed by atoms with van der Waals surface area (Å²) in [6, 6.07) is 8.86. The molecule has 0 saturated heterocycles. The highest BCUT2D eigenvalue weighted by molar-refractivity contribution is 5.82. The van der Waals surface area contributed by atoms with E-state index in [0.717, 1.165) is 18.4 Å². The van der Waals surface area contributed by atoms with Crippen LogP contribution in [0.4, 0.5) is 0 Å². The highest BCUT2D eigenvalue weighted by atomic mass is 16.3. The van der Waals surface area contributed by atoms with Gasteiger partial charge in [0.1, 0.15) is 5.78 Å². The number of aliphatic hydroxyl groups excluding tert-OH is 1. The van der Waals surface area contributed by atoms with Gasteiger partial charge < -0.3 is 5.11 Å². The van der Waals surface area contributed by atoms with Crippen LogP contribution < -0.4 is 0 Å². The summed E-state index contributed by atoms with van der Waals surface area (Å²) in [5.74, 6) is 0.354. The molecule has 0 aliphatic heterocycles. The average Bonchev–Trinajstić information content (AvgIpc) is 2.41. The summed E-state index contributed by atoms with van der Waals surface area (Å²) in [5.41, 5.74) is 1.29. The van der Waals surface area contributed by atoms with Crippen LogP contribution in [0.3, 0.4) is 0 Å². The SMILES string of the molecule is C[C@H]1CCC(=O)[C@H]([C@@H](O)c2ccc(C#N)cc2)C1. The van der Waals surface area contributed by atoms with Gasteiger partial charge in [-0.1, -0.05) is 19.1 Å². The standard InChI is InChI=1S/C15H17NO2/c1-10-2-7-14(17)13(8-10)15(18)12-5-3-11(9-16)4-6-12/h3-6,10,13,15,18H,2,7-8H2,1H3/t10-,13+,15-/m0/s1. The van der Waals surface area contributed by atoms with Gasteiger partial charge in [0.25, 0.3) is 0 Å². The Morgan fingerprint density at radius 3 is 2.67 bits per heavy atom. The second-order valence-electron chi connectivity index (χ2n) is 5.13. The molecule has 3 atom stereocenters. The molecular weight excluding hydrogens is 226 g/mol. The van der Waals surface area contributed by atoms with E-state index in [1.807, 2.05) is 6.07 Å². The minimum absolute atomic E-state index is 0.157. The van der Waals surface area contributed by atoms with Gasteiger partial charge in [-0.05, 0) is 36.5 Å². The molecule has 0 spiro atoms. The van der Waals surface area contributed by atoms with E-state index in [1.54, 1.807) is 24.3 Å². The molecule has 1 aromatic rings. The molecular formula is C15H17NO2. The number of rotatable bonds is 2. The molecule has 3 nitrogen and oxygen atoms in total. The second kappa shape index (κ2) is 5.32. The molecule has 0 heterocycles. The van der Waals surface area contributed by atoms with Gasteiger partial charge in [0.05, 0.1) is 17.7 Å². The molecule has 94 valence electrons. The van der Waals surface area contributed by atoms with Crippen molar-refractivity contribution in [2.45, 2.75) is 32.3 Å². The highest BCUT2D eigenvalue weighted by Gasteiger charge is 2.32. The van der Waals surface area contributed by atoms with Gasteiger partial charge in [0, 0.05) is 12.3 Å². The van der Waals surface area contributed by atoms with E-state index in [2.05, 4.69) is 6.92 Å². The van der Waals surface area contributed by atoms with Crippen LogP contribution in [0.25, 0.3) is 0 Å². The fourth-order valence-corrected chi connectivity index (χ4v) is 2.55. The van der Waals surface area contributed by atoms with Crippen LogP contribution in [0, 0.1) is 23.2 Å². The molecule has 1 fully saturated rings. The summed E-state index contributed by atoms with van der Waals surface area (Å²) >= 11 is 0. The normalized spacial score (nSPS) is 25.5. The van der Waals surface area contributed by atoms with Gasteiger partial charge in [-0.2, -0.15) is 5.26 Å². The van der Waals surface area contributed by atoms with Crippen LogP contribution in [0.5, 0.6) is 0 Å². The van der Waals surface area contributed by atoms with E-state index in [9.17, 15) is 9.90 Å². The van der Waals surface area contributed by atoms with E-state index in [1.165, 1.54) is 0 Å². The van der Waals surface area contributed by atoms with Crippen molar-refractivity contribution in [3.63, 3.8) is 0 Å². The number of hydrogen-bond acceptors (Lipinski definition) is 3. The first-order valence-electron chi connectivity index (χ1n) is 6.32. The van der Waals surface area contributed by atoms with E-state index < -0.39 is 6.10 Å². The number of hydrogen-bond donors (Lipinski definition) is 1. The molecule has 1 aliphatic rings. The third-order valence-corrected chi connectivity index (χ3v) is 3.72. The number of benzene rings is 1. The number of Topliss-reactive ketones (excluding diaryl/α,β-unsaturated/α-hetero) is 1. The molecule has 3 heteroatoms. The van der Waals surface area contributed by atoms with Crippen LogP contribution in [0.15, 0.2) is 24.3 Å². The minimum atomic E-state index is -0.743. The Morgan fingerprint density at radius 2 is 2.06 bits per heavy atom. The Labute approximate surface area is 107 Å². The molecule has 2 rings (SSSR count). The molecule has 0 radical (unpaired) electrons. The van der Waals surface area contributed by atoms with E-state index in [0.29, 0.717) is 17.9 Å². The topological polar surface area (TPSA) is 61.1 Å². The van der Waals surface area contributed by atoms with Crippen LogP contribution in [0.1, 0.15) is 43.4 Å². The minimum Gasteiger partial charge on any atom is -0.388 e. The second-order valence-corrected chi connectivity index (χ2v) is 5.13. The molecule has 0 unspecified atom stereocenters. The van der Waals surface area contributed by atoms with Gasteiger partial charge in [-0.15, -0.1) is 0 Å². The number of carbonyl (C=O) groups is 1. The van der Waals surface area contributed by atoms with E-state index in [-0.39, 0.29) is 11.7 Å². The number of nitrogens with zero attached hydrogens (tertiary/aromatic N) is 1. The molecule has 1 saturated carbocycles. The van der Waals surface area contributed by atoms with Gasteiger partial charge in [0.15, 0.2) is 0 Å². The Balaban J connectivity index is 2.16. The molecule has 1 N–H and O–H groups in total. The lowest BCUT2D eigenvalue weighted by Crippen LogP contribution is -2.29. The first-order chi connectivity index (χ1) is 8.61. The summed E-state index contributed by atoms with van der Waals surface area (Å²) in [6.45, 7) is 2.12. The monoisotopic (exact) mass is 243 g/mol. The van der Waals surface area contributed by atoms with Crippen molar-refractivity contribution in [2.75, 3.05) is 0 Å². The average molecular weight is 243 g/mol. The number of ketones is 1. The fourth-order valence-electron chi connectivity index (χ4n) is 2.55. The van der Waals surface area contributed by atoms with Crippen molar-refractivity contribution in [3.8, 4) is 6.07 Å². The predicted molar refractivity (Wildman–Crippen MR) is 67.6 cm³/mol. The van der Waals surface area contributed by atoms with Crippen molar-refractivity contribution in [1.82, 2.24) is 0 Å². The van der Waals surface area contributed by atoms with Crippen molar-refractivity contribution < 1.29 is 9.90 Å². The summed E-state index contributed by atoms with van der Waals surface area (Å²) < 4.78 is 0. The zero-order valence-electron chi connectivity index (χ0n) is 10.5. The molecule has 0 aromatic heterocycles. The lowest BCUT2D eigenvalue weighted by molar-refractivity contribution is -0.129. The van der Waals surface area contributed by atoms with Crippen LogP contribution in [0.2, 0.25) is 0 Å². The summed E-state index contributed by atoms with van der Waals surface area (Å²) in [5, 5.41) is 19.0. The van der Waals surface area contributed by atoms with E-state index >= 15 is 0 Å². The first kappa shape index (κ1) is 12.8. The molecule has 18 heavy (non-hydrogen) atoms. The van der Waals surface area contributed by atoms with Crippen molar-refractivity contribution in [1.29, 1.82) is 5.26 Å². The third kappa shape index (κ3) is 2.60. The summed E-state index contributed by atoms with van der Waals surface area (Å²) in [7, 11) is 0. The van der Waals surface area contributed by atoms with Crippen LogP contribution in [-0.4, -0.2) is 10.9 Å². The van der Waals surface area contributed by atoms with Crippen LogP contribution in [-0.2, 0) is 4.79 Å². The molecule has 0 amide bonds. The Kier molecular flexibility index (Phi) is 3.78. The number of aliphatic hydroxyl groups is 1. The van der Waals surface area contributed by atoms with E-state index in [4.69, 9.17) is 5.26 Å². The quantitative estimate of drug-likeness (QED) is 0.868. The van der Waals surface area contributed by atoms with Gasteiger partial charge in [-0.25, -0.2) is 0 Å². The van der Waals surface area contributed by atoms with Crippen LogP contribution >= 0.6 is 0 Å². The lowest BCUT2D eigenvalue weighted by Gasteiger charge is -2.29. The Hall–Kier alpha value is -1.66. The summed E-state index contributed by atoms with van der Waals surface area (Å²) in [6.07, 6.45) is 1.50. The molecule has 1 aliphatic carbocycles. The maximum atomic E-state index is 11.9. The molecule has 0 bridgehead atoms. The maximum absolute atomic E-state index is 11.9. The summed E-state index contributed by atoms with van der Waals surface area (Å²) in [4.78, 5) is 11.9. The van der Waals surface area contributed by atoms with Gasteiger partial charge in [0.2, 0.25) is 0 Å². The van der Waals surface area contributed by atoms with Crippen molar-refractivity contribution in [2.24, 2.45) is 11.8 Å². The number of carbonyl (C=O) groups excluding carboxylic acids is 1. The maximum Gasteiger partial charge on any atom is 0.138 e. The number of nitriles is 1. The zero-order chi connectivity index (χ0) is 13.1. The first-order valence-corrected chi connectivity index (χ1v) is 6.32. The third-order valence-electron chi connectivity index (χ3n) is 3.72.